The van der Waals surface area contributed by atoms with Gasteiger partial charge in [-0.15, -0.1) is 0 Å². The van der Waals surface area contributed by atoms with E-state index in [1.54, 1.807) is 0 Å². The summed E-state index contributed by atoms with van der Waals surface area (Å²) >= 11 is 0. The van der Waals surface area contributed by atoms with E-state index in [0.29, 0.717) is 25.0 Å². The Labute approximate surface area is 342 Å². The Bertz CT molecular complexity index is 1170. The highest BCUT2D eigenvalue weighted by Gasteiger charge is 2.13. The first-order chi connectivity index (χ1) is 27.5. The van der Waals surface area contributed by atoms with E-state index in [1.807, 2.05) is 0 Å². The van der Waals surface area contributed by atoms with Crippen molar-refractivity contribution in [1.82, 2.24) is 0 Å². The number of carbonyl (C=O) groups is 2. The van der Waals surface area contributed by atoms with Gasteiger partial charge in [0, 0.05) is 12.2 Å². The lowest BCUT2D eigenvalue weighted by molar-refractivity contribution is -0.140. The van der Waals surface area contributed by atoms with Crippen LogP contribution in [0.1, 0.15) is 168 Å². The second-order valence-electron chi connectivity index (χ2n) is 15.7. The Balaban J connectivity index is 1.60. The van der Waals surface area contributed by atoms with Gasteiger partial charge in [0.05, 0.1) is 26.4 Å². The number of hydrogen-bond donors (Lipinski definition) is 0. The van der Waals surface area contributed by atoms with Crippen LogP contribution >= 0.6 is 0 Å². The zero-order valence-electron chi connectivity index (χ0n) is 35.6. The van der Waals surface area contributed by atoms with Crippen LogP contribution in [-0.2, 0) is 19.1 Å². The van der Waals surface area contributed by atoms with Crippen LogP contribution in [0.4, 0.5) is 0 Å². The Kier molecular flexibility index (Phi) is 29.2. The van der Waals surface area contributed by atoms with E-state index >= 15 is 0 Å². The lowest BCUT2D eigenvalue weighted by atomic mass is 9.95. The van der Waals surface area contributed by atoms with E-state index in [2.05, 4.69) is 75.5 Å². The predicted molar refractivity (Wildman–Crippen MR) is 234 cm³/mol. The fourth-order valence-electron chi connectivity index (χ4n) is 7.21. The van der Waals surface area contributed by atoms with Crippen molar-refractivity contribution < 1.29 is 28.5 Å². The number of hydrogen-bond acceptors (Lipinski definition) is 6. The highest BCUT2D eigenvalue weighted by molar-refractivity contribution is 5.81. The highest BCUT2D eigenvalue weighted by atomic mass is 16.5. The van der Waals surface area contributed by atoms with Crippen molar-refractivity contribution in [1.29, 1.82) is 0 Å². The van der Waals surface area contributed by atoms with Crippen LogP contribution < -0.4 is 9.47 Å². The first-order valence-electron chi connectivity index (χ1n) is 22.5. The van der Waals surface area contributed by atoms with Crippen LogP contribution in [0.15, 0.2) is 73.8 Å². The number of rotatable bonds is 37. The third-order valence-corrected chi connectivity index (χ3v) is 10.8. The molecule has 0 bridgehead atoms. The minimum absolute atomic E-state index is 0.313. The topological polar surface area (TPSA) is 71.1 Å². The van der Waals surface area contributed by atoms with E-state index < -0.39 is 0 Å². The summed E-state index contributed by atoms with van der Waals surface area (Å²) in [4.78, 5) is 23.2. The molecule has 6 heteroatoms. The van der Waals surface area contributed by atoms with Gasteiger partial charge in [-0.2, -0.15) is 0 Å². The lowest BCUT2D eigenvalue weighted by Crippen LogP contribution is -2.13. The molecule has 2 aromatic carbocycles. The maximum absolute atomic E-state index is 11.6. The van der Waals surface area contributed by atoms with Gasteiger partial charge in [0.2, 0.25) is 0 Å². The van der Waals surface area contributed by atoms with Gasteiger partial charge < -0.3 is 18.9 Å². The van der Waals surface area contributed by atoms with E-state index in [0.717, 1.165) is 100 Å². The third kappa shape index (κ3) is 24.9. The van der Waals surface area contributed by atoms with Gasteiger partial charge in [0.1, 0.15) is 11.5 Å². The smallest absolute Gasteiger partial charge is 0.330 e. The number of esters is 2. The molecule has 0 spiro atoms. The van der Waals surface area contributed by atoms with Gasteiger partial charge in [0.15, 0.2) is 0 Å². The molecule has 0 aliphatic heterocycles. The fraction of sp³-hybridized carbons (Fsp3) is 0.640. The molecule has 0 N–H and O–H groups in total. The van der Waals surface area contributed by atoms with Gasteiger partial charge in [-0.05, 0) is 85.8 Å². The Morgan fingerprint density at radius 2 is 0.768 bits per heavy atom. The molecule has 6 nitrogen and oxygen atoms in total. The summed E-state index contributed by atoms with van der Waals surface area (Å²) in [5, 5.41) is 0. The molecule has 0 aromatic heterocycles. The average molecular weight is 775 g/mol. The number of carbonyl (C=O) groups excluding carboxylic acids is 2. The summed E-state index contributed by atoms with van der Waals surface area (Å²) in [5.74, 6) is 2.07. The van der Waals surface area contributed by atoms with Crippen LogP contribution in [0.2, 0.25) is 0 Å². The molecular weight excluding hydrogens is 697 g/mol. The minimum Gasteiger partial charge on any atom is -0.494 e. The molecule has 0 heterocycles. The number of ether oxygens (including phenoxy) is 4. The maximum atomic E-state index is 11.6. The zero-order chi connectivity index (χ0) is 40.3. The number of benzene rings is 2. The summed E-state index contributed by atoms with van der Waals surface area (Å²) < 4.78 is 22.9. The molecule has 2 aromatic rings. The summed E-state index contributed by atoms with van der Waals surface area (Å²) in [6, 6.07) is 16.7. The molecule has 0 aliphatic rings. The summed E-state index contributed by atoms with van der Waals surface area (Å²) in [6.07, 6.45) is 31.4. The molecule has 0 aliphatic carbocycles. The van der Waals surface area contributed by atoms with Crippen molar-refractivity contribution in [3.05, 3.63) is 73.8 Å². The van der Waals surface area contributed by atoms with E-state index in [4.69, 9.17) is 18.9 Å². The Hall–Kier alpha value is -3.54. The molecule has 314 valence electrons. The second-order valence-corrected chi connectivity index (χ2v) is 15.7. The quantitative estimate of drug-likeness (QED) is 0.0387. The summed E-state index contributed by atoms with van der Waals surface area (Å²) in [7, 11) is 0. The zero-order valence-corrected chi connectivity index (χ0v) is 35.6. The van der Waals surface area contributed by atoms with Crippen molar-refractivity contribution in [2.75, 3.05) is 26.4 Å². The summed E-state index contributed by atoms with van der Waals surface area (Å²) in [5.41, 5.74) is 2.32. The minimum atomic E-state index is -0.313. The van der Waals surface area contributed by atoms with Crippen LogP contribution in [0.3, 0.4) is 0 Å². The normalized spacial score (nSPS) is 12.1. The molecule has 0 saturated heterocycles. The van der Waals surface area contributed by atoms with Gasteiger partial charge >= 0.3 is 11.9 Å². The van der Waals surface area contributed by atoms with Crippen LogP contribution in [0, 0.1) is 11.8 Å². The molecule has 0 saturated carbocycles. The molecule has 2 rings (SSSR count). The van der Waals surface area contributed by atoms with Crippen molar-refractivity contribution in [3.8, 4) is 22.6 Å². The molecule has 2 unspecified atom stereocenters. The summed E-state index contributed by atoms with van der Waals surface area (Å²) in [6.45, 7) is 14.0. The van der Waals surface area contributed by atoms with Crippen LogP contribution in [0.25, 0.3) is 11.1 Å². The SMILES string of the molecule is C=CC(=O)OCC(CCCCCCCC)CCCCCCOc1ccc(-c2ccc(OCCCCCCC(CCCCCCCC)COC(=O)C=C)cc2)cc1. The first-order valence-corrected chi connectivity index (χ1v) is 22.5. The maximum Gasteiger partial charge on any atom is 0.330 e. The monoisotopic (exact) mass is 775 g/mol. The number of unbranched alkanes of at least 4 members (excludes halogenated alkanes) is 16. The van der Waals surface area contributed by atoms with Crippen molar-refractivity contribution in [2.24, 2.45) is 11.8 Å². The predicted octanol–water partition coefficient (Wildman–Crippen LogP) is 14.2. The van der Waals surface area contributed by atoms with Crippen molar-refractivity contribution in [3.63, 3.8) is 0 Å². The fourth-order valence-corrected chi connectivity index (χ4v) is 7.21. The van der Waals surface area contributed by atoms with Gasteiger partial charge in [0.25, 0.3) is 0 Å². The van der Waals surface area contributed by atoms with Gasteiger partial charge in [-0.25, -0.2) is 9.59 Å². The van der Waals surface area contributed by atoms with E-state index in [1.165, 1.54) is 102 Å². The van der Waals surface area contributed by atoms with Gasteiger partial charge in [-0.1, -0.05) is 167 Å². The van der Waals surface area contributed by atoms with Crippen molar-refractivity contribution in [2.45, 2.75) is 168 Å². The molecule has 0 amide bonds. The molecule has 0 fully saturated rings. The van der Waals surface area contributed by atoms with E-state index in [9.17, 15) is 9.59 Å². The molecule has 0 radical (unpaired) electrons. The molecule has 2 atom stereocenters. The van der Waals surface area contributed by atoms with E-state index in [-0.39, 0.29) is 11.9 Å². The Morgan fingerprint density at radius 3 is 1.09 bits per heavy atom. The molecule has 56 heavy (non-hydrogen) atoms. The van der Waals surface area contributed by atoms with Crippen molar-refractivity contribution >= 4 is 11.9 Å². The standard InChI is InChI=1S/C50H78O6/c1-5-9-11-13-15-21-27-43(41-55-49(51)7-3)29-23-17-19-25-39-53-47-35-31-45(32-36-47)46-33-37-48(38-34-46)54-40-26-20-18-24-30-44(42-56-50(52)8-4)28-22-16-14-12-10-6-2/h7-8,31-38,43-44H,3-6,9-30,39-42H2,1-2H3. The Morgan fingerprint density at radius 1 is 0.464 bits per heavy atom. The average Bonchev–Trinajstić information content (AvgIpc) is 3.23. The van der Waals surface area contributed by atoms with Crippen LogP contribution in [0.5, 0.6) is 11.5 Å². The molecular formula is C50H78O6. The largest absolute Gasteiger partial charge is 0.494 e. The first kappa shape index (κ1) is 48.6. The van der Waals surface area contributed by atoms with Crippen LogP contribution in [-0.4, -0.2) is 38.4 Å². The van der Waals surface area contributed by atoms with Gasteiger partial charge in [-0.3, -0.25) is 0 Å². The second kappa shape index (κ2) is 33.6. The third-order valence-electron chi connectivity index (χ3n) is 10.8. The lowest BCUT2D eigenvalue weighted by Gasteiger charge is -2.16. The highest BCUT2D eigenvalue weighted by Crippen LogP contribution is 2.26.